The minimum atomic E-state index is -0.896. The standard InChI is InChI=1S/C26H29ClN2O4/c1-26(2,29-16-24(32)20-11-22(30)13-23(31)12-20)14-18-4-3-5-19(10-18)25(33)28-15-17-6-8-21(27)9-7-17/h3-13,24,29-32H,14-16H2,1-2H3,(H,28,33). The molecule has 0 radical (unpaired) electrons. The van der Waals surface area contributed by atoms with Gasteiger partial charge >= 0.3 is 0 Å². The monoisotopic (exact) mass is 468 g/mol. The highest BCUT2D eigenvalue weighted by Crippen LogP contribution is 2.25. The van der Waals surface area contributed by atoms with E-state index in [1.807, 2.05) is 44.2 Å². The van der Waals surface area contributed by atoms with Gasteiger partial charge in [0.15, 0.2) is 0 Å². The van der Waals surface area contributed by atoms with E-state index in [1.165, 1.54) is 18.2 Å². The summed E-state index contributed by atoms with van der Waals surface area (Å²) in [5, 5.41) is 36.6. The molecule has 0 aromatic heterocycles. The van der Waals surface area contributed by atoms with E-state index in [9.17, 15) is 20.1 Å². The first kappa shape index (κ1) is 24.6. The largest absolute Gasteiger partial charge is 0.508 e. The number of benzene rings is 3. The van der Waals surface area contributed by atoms with Crippen molar-refractivity contribution < 1.29 is 20.1 Å². The SMILES string of the molecule is CC(C)(Cc1cccc(C(=O)NCc2ccc(Cl)cc2)c1)NCC(O)c1cc(O)cc(O)c1. The summed E-state index contributed by atoms with van der Waals surface area (Å²) >= 11 is 5.90. The predicted octanol–water partition coefficient (Wildman–Crippen LogP) is 4.33. The summed E-state index contributed by atoms with van der Waals surface area (Å²) in [4.78, 5) is 12.6. The second-order valence-electron chi connectivity index (χ2n) is 8.75. The zero-order valence-electron chi connectivity index (χ0n) is 18.7. The molecule has 0 aliphatic rings. The van der Waals surface area contributed by atoms with Gasteiger partial charge in [0.25, 0.3) is 5.91 Å². The minimum Gasteiger partial charge on any atom is -0.508 e. The number of amides is 1. The van der Waals surface area contributed by atoms with Crippen molar-refractivity contribution in [1.29, 1.82) is 0 Å². The Morgan fingerprint density at radius 3 is 2.30 bits per heavy atom. The Labute approximate surface area is 198 Å². The smallest absolute Gasteiger partial charge is 0.251 e. The van der Waals surface area contributed by atoms with Crippen LogP contribution in [0.25, 0.3) is 0 Å². The normalized spacial score (nSPS) is 12.4. The van der Waals surface area contributed by atoms with Gasteiger partial charge in [-0.3, -0.25) is 4.79 Å². The average Bonchev–Trinajstić information content (AvgIpc) is 2.76. The number of carbonyl (C=O) groups excluding carboxylic acids is 1. The van der Waals surface area contributed by atoms with Gasteiger partial charge < -0.3 is 26.0 Å². The molecule has 0 saturated heterocycles. The van der Waals surface area contributed by atoms with Crippen molar-refractivity contribution in [2.24, 2.45) is 0 Å². The third-order valence-electron chi connectivity index (χ3n) is 5.29. The van der Waals surface area contributed by atoms with Gasteiger partial charge in [0.1, 0.15) is 11.5 Å². The highest BCUT2D eigenvalue weighted by Gasteiger charge is 2.21. The molecule has 0 aliphatic heterocycles. The molecule has 0 fully saturated rings. The zero-order valence-corrected chi connectivity index (χ0v) is 19.4. The van der Waals surface area contributed by atoms with Gasteiger partial charge in [0.05, 0.1) is 6.10 Å². The molecule has 174 valence electrons. The first-order valence-corrected chi connectivity index (χ1v) is 11.1. The van der Waals surface area contributed by atoms with Gasteiger partial charge in [-0.1, -0.05) is 35.9 Å². The number of hydrogen-bond donors (Lipinski definition) is 5. The van der Waals surface area contributed by atoms with Crippen molar-refractivity contribution in [3.8, 4) is 11.5 Å². The topological polar surface area (TPSA) is 102 Å². The number of phenolic OH excluding ortho intramolecular Hbond substituents is 2. The molecule has 1 amide bonds. The molecular weight excluding hydrogens is 440 g/mol. The molecule has 7 heteroatoms. The van der Waals surface area contributed by atoms with Crippen molar-refractivity contribution in [3.63, 3.8) is 0 Å². The fourth-order valence-corrected chi connectivity index (χ4v) is 3.71. The van der Waals surface area contributed by atoms with Crippen LogP contribution < -0.4 is 10.6 Å². The molecule has 0 spiro atoms. The van der Waals surface area contributed by atoms with Gasteiger partial charge in [-0.25, -0.2) is 0 Å². The number of β-amino-alcohol motifs (C(OH)–C–C–N with tert-alkyl or cyclic N) is 1. The number of halogens is 1. The van der Waals surface area contributed by atoms with Gasteiger partial charge in [-0.2, -0.15) is 0 Å². The lowest BCUT2D eigenvalue weighted by molar-refractivity contribution is 0.0950. The number of phenols is 2. The molecule has 0 heterocycles. The first-order valence-electron chi connectivity index (χ1n) is 10.7. The van der Waals surface area contributed by atoms with Crippen LogP contribution in [-0.4, -0.2) is 33.3 Å². The van der Waals surface area contributed by atoms with Crippen molar-refractivity contribution >= 4 is 17.5 Å². The zero-order chi connectivity index (χ0) is 24.0. The third kappa shape index (κ3) is 7.49. The summed E-state index contributed by atoms with van der Waals surface area (Å²) in [6.45, 7) is 4.66. The van der Waals surface area contributed by atoms with Crippen LogP contribution in [0.3, 0.4) is 0 Å². The number of aromatic hydroxyl groups is 2. The molecule has 0 aliphatic carbocycles. The van der Waals surface area contributed by atoms with E-state index in [2.05, 4.69) is 10.6 Å². The molecule has 33 heavy (non-hydrogen) atoms. The van der Waals surface area contributed by atoms with E-state index < -0.39 is 6.10 Å². The highest BCUT2D eigenvalue weighted by atomic mass is 35.5. The molecule has 3 aromatic rings. The van der Waals surface area contributed by atoms with Crippen LogP contribution in [0.1, 0.15) is 47.0 Å². The van der Waals surface area contributed by atoms with E-state index in [0.717, 1.165) is 11.1 Å². The van der Waals surface area contributed by atoms with E-state index in [-0.39, 0.29) is 29.5 Å². The predicted molar refractivity (Wildman–Crippen MR) is 130 cm³/mol. The number of aliphatic hydroxyl groups excluding tert-OH is 1. The number of aliphatic hydroxyl groups is 1. The lowest BCUT2D eigenvalue weighted by Gasteiger charge is -2.28. The molecule has 0 saturated carbocycles. The Hall–Kier alpha value is -3.06. The van der Waals surface area contributed by atoms with Crippen molar-refractivity contribution in [1.82, 2.24) is 10.6 Å². The molecule has 3 aromatic carbocycles. The van der Waals surface area contributed by atoms with Crippen LogP contribution in [0.15, 0.2) is 66.7 Å². The van der Waals surface area contributed by atoms with Crippen LogP contribution >= 0.6 is 11.6 Å². The van der Waals surface area contributed by atoms with Crippen molar-refractivity contribution in [2.45, 2.75) is 38.5 Å². The van der Waals surface area contributed by atoms with Crippen LogP contribution in [0.4, 0.5) is 0 Å². The van der Waals surface area contributed by atoms with Crippen LogP contribution in [0, 0.1) is 0 Å². The lowest BCUT2D eigenvalue weighted by atomic mass is 9.93. The Kier molecular flexibility index (Phi) is 7.97. The summed E-state index contributed by atoms with van der Waals surface area (Å²) in [6, 6.07) is 18.8. The van der Waals surface area contributed by atoms with Gasteiger partial charge in [-0.15, -0.1) is 0 Å². The molecule has 0 bridgehead atoms. The van der Waals surface area contributed by atoms with Gasteiger partial charge in [0.2, 0.25) is 0 Å². The maximum absolute atomic E-state index is 12.6. The van der Waals surface area contributed by atoms with E-state index in [1.54, 1.807) is 18.2 Å². The van der Waals surface area contributed by atoms with Crippen molar-refractivity contribution in [3.05, 3.63) is 94.0 Å². The van der Waals surface area contributed by atoms with E-state index in [0.29, 0.717) is 29.1 Å². The first-order chi connectivity index (χ1) is 15.6. The number of nitrogens with one attached hydrogen (secondary N) is 2. The van der Waals surface area contributed by atoms with E-state index >= 15 is 0 Å². The minimum absolute atomic E-state index is 0.102. The van der Waals surface area contributed by atoms with Gasteiger partial charge in [-0.05, 0) is 73.4 Å². The lowest BCUT2D eigenvalue weighted by Crippen LogP contribution is -2.43. The molecule has 1 unspecified atom stereocenters. The highest BCUT2D eigenvalue weighted by molar-refractivity contribution is 6.30. The summed E-state index contributed by atoms with van der Waals surface area (Å²) < 4.78 is 0. The Morgan fingerprint density at radius 2 is 1.64 bits per heavy atom. The maximum atomic E-state index is 12.6. The molecule has 1 atom stereocenters. The second kappa shape index (κ2) is 10.7. The quantitative estimate of drug-likeness (QED) is 0.322. The summed E-state index contributed by atoms with van der Waals surface area (Å²) in [7, 11) is 0. The average molecular weight is 469 g/mol. The van der Waals surface area contributed by atoms with Gasteiger partial charge in [0, 0.05) is 35.3 Å². The molecule has 3 rings (SSSR count). The number of carbonyl (C=O) groups is 1. The van der Waals surface area contributed by atoms with Crippen LogP contribution in [-0.2, 0) is 13.0 Å². The summed E-state index contributed by atoms with van der Waals surface area (Å²) in [5.74, 6) is -0.361. The van der Waals surface area contributed by atoms with E-state index in [4.69, 9.17) is 11.6 Å². The third-order valence-corrected chi connectivity index (χ3v) is 5.54. The molecule has 6 nitrogen and oxygen atoms in total. The van der Waals surface area contributed by atoms with Crippen LogP contribution in [0.2, 0.25) is 5.02 Å². The number of rotatable bonds is 9. The Morgan fingerprint density at radius 1 is 0.970 bits per heavy atom. The fourth-order valence-electron chi connectivity index (χ4n) is 3.58. The Balaban J connectivity index is 1.57. The maximum Gasteiger partial charge on any atom is 0.251 e. The molecular formula is C26H29ClN2O4. The number of hydrogen-bond acceptors (Lipinski definition) is 5. The second-order valence-corrected chi connectivity index (χ2v) is 9.19. The molecule has 5 N–H and O–H groups in total. The van der Waals surface area contributed by atoms with Crippen molar-refractivity contribution in [2.75, 3.05) is 6.54 Å². The summed E-state index contributed by atoms with van der Waals surface area (Å²) in [6.07, 6.45) is -0.268. The summed E-state index contributed by atoms with van der Waals surface area (Å²) in [5.41, 5.74) is 2.57. The fraction of sp³-hybridized carbons (Fsp3) is 0.269. The Bertz CT molecular complexity index is 1080. The van der Waals surface area contributed by atoms with Crippen LogP contribution in [0.5, 0.6) is 11.5 Å².